The van der Waals surface area contributed by atoms with Crippen LogP contribution in [0, 0.1) is 11.8 Å². The first-order valence-corrected chi connectivity index (χ1v) is 10.9. The molecule has 1 aromatic rings. The van der Waals surface area contributed by atoms with E-state index < -0.39 is 5.97 Å². The number of carboxylic acid groups (broad SMARTS) is 1. The van der Waals surface area contributed by atoms with E-state index in [2.05, 4.69) is 40.5 Å². The second-order valence-electron chi connectivity index (χ2n) is 9.06. The molecule has 4 rings (SSSR count). The van der Waals surface area contributed by atoms with E-state index in [9.17, 15) is 9.59 Å². The van der Waals surface area contributed by atoms with E-state index in [0.29, 0.717) is 17.9 Å². The van der Waals surface area contributed by atoms with Gasteiger partial charge in [0.25, 0.3) is 0 Å². The van der Waals surface area contributed by atoms with Crippen LogP contribution in [0.15, 0.2) is 30.3 Å². The van der Waals surface area contributed by atoms with Crippen molar-refractivity contribution in [2.75, 3.05) is 13.1 Å². The van der Waals surface area contributed by atoms with Crippen LogP contribution in [0.4, 0.5) is 0 Å². The Balaban J connectivity index is 1.19. The van der Waals surface area contributed by atoms with Crippen molar-refractivity contribution in [2.24, 2.45) is 11.8 Å². The van der Waals surface area contributed by atoms with Gasteiger partial charge in [-0.15, -0.1) is 0 Å². The maximum atomic E-state index is 12.7. The molecule has 0 saturated heterocycles. The average molecular weight is 385 g/mol. The molecule has 0 spiro atoms. The van der Waals surface area contributed by atoms with E-state index in [1.165, 1.54) is 18.4 Å². The highest BCUT2D eigenvalue weighted by molar-refractivity contribution is 5.79. The number of hydrogen-bond donors (Lipinski definition) is 2. The lowest BCUT2D eigenvalue weighted by molar-refractivity contribution is -0.140. The molecule has 0 radical (unpaired) electrons. The van der Waals surface area contributed by atoms with Gasteiger partial charge in [-0.3, -0.25) is 14.5 Å². The molecule has 1 aromatic carbocycles. The fraction of sp³-hybridized carbons (Fsp3) is 0.652. The largest absolute Gasteiger partial charge is 0.480 e. The summed E-state index contributed by atoms with van der Waals surface area (Å²) in [6.45, 7) is 1.03. The zero-order chi connectivity index (χ0) is 19.5. The van der Waals surface area contributed by atoms with Gasteiger partial charge in [0.1, 0.15) is 0 Å². The molecular weight excluding hydrogens is 352 g/mol. The highest BCUT2D eigenvalue weighted by atomic mass is 16.4. The number of carbonyl (C=O) groups is 2. The SMILES string of the molecule is O=C(O)CN(CC1CC1)C1CC(NC(=O)C2CCC(c3ccccc3)CC2)C1. The molecule has 1 amide bonds. The molecule has 5 nitrogen and oxygen atoms in total. The second kappa shape index (κ2) is 8.64. The minimum atomic E-state index is -0.747. The van der Waals surface area contributed by atoms with Crippen molar-refractivity contribution >= 4 is 11.9 Å². The Labute approximate surface area is 167 Å². The third-order valence-electron chi connectivity index (χ3n) is 6.87. The summed E-state index contributed by atoms with van der Waals surface area (Å²) >= 11 is 0. The topological polar surface area (TPSA) is 69.6 Å². The van der Waals surface area contributed by atoms with Crippen molar-refractivity contribution in [1.29, 1.82) is 0 Å². The van der Waals surface area contributed by atoms with Crippen molar-refractivity contribution in [3.05, 3.63) is 35.9 Å². The molecule has 5 heteroatoms. The molecule has 3 aliphatic rings. The lowest BCUT2D eigenvalue weighted by Gasteiger charge is -2.43. The van der Waals surface area contributed by atoms with Crippen molar-refractivity contribution in [1.82, 2.24) is 10.2 Å². The quantitative estimate of drug-likeness (QED) is 0.721. The van der Waals surface area contributed by atoms with Crippen LogP contribution in [0.25, 0.3) is 0 Å². The Bertz CT molecular complexity index is 674. The Morgan fingerprint density at radius 1 is 1.00 bits per heavy atom. The molecule has 3 saturated carbocycles. The van der Waals surface area contributed by atoms with Gasteiger partial charge in [-0.1, -0.05) is 30.3 Å². The zero-order valence-electron chi connectivity index (χ0n) is 16.6. The monoisotopic (exact) mass is 384 g/mol. The second-order valence-corrected chi connectivity index (χ2v) is 9.06. The van der Waals surface area contributed by atoms with Crippen LogP contribution in [0.3, 0.4) is 0 Å². The van der Waals surface area contributed by atoms with Gasteiger partial charge in [0.15, 0.2) is 0 Å². The highest BCUT2D eigenvalue weighted by Crippen LogP contribution is 2.37. The summed E-state index contributed by atoms with van der Waals surface area (Å²) in [4.78, 5) is 25.9. The molecule has 152 valence electrons. The Morgan fingerprint density at radius 3 is 2.29 bits per heavy atom. The van der Waals surface area contributed by atoms with Gasteiger partial charge in [0.05, 0.1) is 6.54 Å². The van der Waals surface area contributed by atoms with Gasteiger partial charge in [0, 0.05) is 24.5 Å². The summed E-state index contributed by atoms with van der Waals surface area (Å²) in [6, 6.07) is 11.2. The van der Waals surface area contributed by atoms with Gasteiger partial charge in [-0.05, 0) is 68.8 Å². The number of benzene rings is 1. The molecule has 0 heterocycles. The Kier molecular flexibility index (Phi) is 6.00. The summed E-state index contributed by atoms with van der Waals surface area (Å²) in [5.41, 5.74) is 1.40. The van der Waals surface area contributed by atoms with E-state index in [4.69, 9.17) is 5.11 Å². The van der Waals surface area contributed by atoms with Crippen LogP contribution in [0.1, 0.15) is 62.8 Å². The van der Waals surface area contributed by atoms with Crippen molar-refractivity contribution < 1.29 is 14.7 Å². The molecule has 3 fully saturated rings. The minimum Gasteiger partial charge on any atom is -0.480 e. The number of carbonyl (C=O) groups excluding carboxylic acids is 1. The van der Waals surface area contributed by atoms with Crippen molar-refractivity contribution in [3.8, 4) is 0 Å². The summed E-state index contributed by atoms with van der Waals surface area (Å²) in [7, 11) is 0. The maximum Gasteiger partial charge on any atom is 0.317 e. The first-order valence-electron chi connectivity index (χ1n) is 10.9. The number of amides is 1. The van der Waals surface area contributed by atoms with Crippen LogP contribution in [-0.2, 0) is 9.59 Å². The van der Waals surface area contributed by atoms with Gasteiger partial charge in [-0.2, -0.15) is 0 Å². The molecular formula is C23H32N2O3. The zero-order valence-corrected chi connectivity index (χ0v) is 16.6. The molecule has 0 atom stereocenters. The van der Waals surface area contributed by atoms with Gasteiger partial charge >= 0.3 is 5.97 Å². The normalized spacial score (nSPS) is 29.9. The number of nitrogens with one attached hydrogen (secondary N) is 1. The first kappa shape index (κ1) is 19.4. The Morgan fingerprint density at radius 2 is 1.68 bits per heavy atom. The van der Waals surface area contributed by atoms with Crippen LogP contribution in [0.5, 0.6) is 0 Å². The maximum absolute atomic E-state index is 12.7. The van der Waals surface area contributed by atoms with Crippen molar-refractivity contribution in [2.45, 2.75) is 69.4 Å². The van der Waals surface area contributed by atoms with E-state index in [1.54, 1.807) is 0 Å². The van der Waals surface area contributed by atoms with Crippen LogP contribution >= 0.6 is 0 Å². The molecule has 28 heavy (non-hydrogen) atoms. The van der Waals surface area contributed by atoms with Gasteiger partial charge in [0.2, 0.25) is 5.91 Å². The standard InChI is InChI=1S/C23H32N2O3/c26-22(27)15-25(14-16-6-7-16)21-12-20(13-21)24-23(28)19-10-8-18(9-11-19)17-4-2-1-3-5-17/h1-5,16,18-21H,6-15H2,(H,24,28)(H,26,27). The number of rotatable bonds is 8. The summed E-state index contributed by atoms with van der Waals surface area (Å²) < 4.78 is 0. The molecule has 0 unspecified atom stereocenters. The van der Waals surface area contributed by atoms with Gasteiger partial charge in [-0.25, -0.2) is 0 Å². The predicted octanol–water partition coefficient (Wildman–Crippen LogP) is 3.40. The average Bonchev–Trinajstić information content (AvgIpc) is 3.48. The van der Waals surface area contributed by atoms with Gasteiger partial charge < -0.3 is 10.4 Å². The van der Waals surface area contributed by atoms with E-state index in [-0.39, 0.29) is 24.4 Å². The molecule has 2 N–H and O–H groups in total. The number of aliphatic carboxylic acids is 1. The van der Waals surface area contributed by atoms with Crippen LogP contribution in [0.2, 0.25) is 0 Å². The molecule has 0 bridgehead atoms. The summed E-state index contributed by atoms with van der Waals surface area (Å²) in [5.74, 6) is 0.879. The third kappa shape index (κ3) is 4.93. The molecule has 0 aromatic heterocycles. The summed E-state index contributed by atoms with van der Waals surface area (Å²) in [5, 5.41) is 12.4. The summed E-state index contributed by atoms with van der Waals surface area (Å²) in [6.07, 6.45) is 8.36. The van der Waals surface area contributed by atoms with E-state index >= 15 is 0 Å². The number of carboxylic acids is 1. The fourth-order valence-corrected chi connectivity index (χ4v) is 4.89. The predicted molar refractivity (Wildman–Crippen MR) is 108 cm³/mol. The smallest absolute Gasteiger partial charge is 0.317 e. The van der Waals surface area contributed by atoms with Crippen LogP contribution < -0.4 is 5.32 Å². The minimum absolute atomic E-state index is 0.130. The lowest BCUT2D eigenvalue weighted by Crippen LogP contribution is -2.56. The molecule has 0 aliphatic heterocycles. The van der Waals surface area contributed by atoms with E-state index in [0.717, 1.165) is 45.1 Å². The fourth-order valence-electron chi connectivity index (χ4n) is 4.89. The lowest BCUT2D eigenvalue weighted by atomic mass is 9.78. The number of nitrogens with zero attached hydrogens (tertiary/aromatic N) is 1. The highest BCUT2D eigenvalue weighted by Gasteiger charge is 2.38. The van der Waals surface area contributed by atoms with Crippen LogP contribution in [-0.4, -0.2) is 47.1 Å². The first-order chi connectivity index (χ1) is 13.6. The number of hydrogen-bond acceptors (Lipinski definition) is 3. The van der Waals surface area contributed by atoms with E-state index in [1.807, 2.05) is 0 Å². The Hall–Kier alpha value is -1.88. The third-order valence-corrected chi connectivity index (χ3v) is 6.87. The van der Waals surface area contributed by atoms with Crippen molar-refractivity contribution in [3.63, 3.8) is 0 Å². The molecule has 3 aliphatic carbocycles.